The molecule has 0 aliphatic carbocycles. The lowest BCUT2D eigenvalue weighted by Crippen LogP contribution is -2.29. The van der Waals surface area contributed by atoms with Crippen molar-refractivity contribution in [3.63, 3.8) is 0 Å². The fourth-order valence-corrected chi connectivity index (χ4v) is 2.60. The maximum absolute atomic E-state index is 12.5. The molecule has 0 bridgehead atoms. The van der Waals surface area contributed by atoms with Gasteiger partial charge < -0.3 is 10.0 Å². The second-order valence-electron chi connectivity index (χ2n) is 4.72. The van der Waals surface area contributed by atoms with Crippen molar-refractivity contribution in [2.75, 3.05) is 11.4 Å². The summed E-state index contributed by atoms with van der Waals surface area (Å²) in [4.78, 5) is 29.2. The number of aromatic nitrogens is 1. The van der Waals surface area contributed by atoms with E-state index in [1.807, 2.05) is 0 Å². The van der Waals surface area contributed by atoms with Crippen LogP contribution in [0.25, 0.3) is 0 Å². The Bertz CT molecular complexity index is 728. The predicted octanol–water partition coefficient (Wildman–Crippen LogP) is 2.75. The molecule has 1 aromatic carbocycles. The maximum atomic E-state index is 12.5. The van der Waals surface area contributed by atoms with E-state index in [9.17, 15) is 9.59 Å². The fraction of sp³-hybridized carbons (Fsp3) is 0.133. The Hall–Kier alpha value is -2.21. The van der Waals surface area contributed by atoms with E-state index in [1.165, 1.54) is 0 Å². The Kier molecular flexibility index (Phi) is 3.47. The zero-order valence-electron chi connectivity index (χ0n) is 10.9. The minimum atomic E-state index is -1.00. The predicted molar refractivity (Wildman–Crippen MR) is 80.7 cm³/mol. The van der Waals surface area contributed by atoms with Gasteiger partial charge in [0.05, 0.1) is 5.56 Å². The molecule has 0 saturated heterocycles. The number of carboxylic acid groups (broad SMARTS) is 1. The van der Waals surface area contributed by atoms with Gasteiger partial charge in [-0.3, -0.25) is 4.79 Å². The maximum Gasteiger partial charge on any atom is 0.335 e. The molecule has 1 aliphatic rings. The van der Waals surface area contributed by atoms with E-state index in [4.69, 9.17) is 5.11 Å². The summed E-state index contributed by atoms with van der Waals surface area (Å²) in [5, 5.41) is 9.07. The Morgan fingerprint density at radius 1 is 1.24 bits per heavy atom. The van der Waals surface area contributed by atoms with Gasteiger partial charge in [0.1, 0.15) is 5.69 Å². The molecule has 1 amide bonds. The first-order valence-corrected chi connectivity index (χ1v) is 7.15. The molecule has 1 aromatic heterocycles. The molecule has 2 aromatic rings. The van der Waals surface area contributed by atoms with Gasteiger partial charge in [-0.05, 0) is 52.2 Å². The van der Waals surface area contributed by atoms with E-state index < -0.39 is 5.97 Å². The van der Waals surface area contributed by atoms with Crippen molar-refractivity contribution in [1.29, 1.82) is 0 Å². The number of amides is 1. The fourth-order valence-electron chi connectivity index (χ4n) is 2.36. The Balaban J connectivity index is 1.96. The number of carbonyl (C=O) groups excluding carboxylic acids is 1. The van der Waals surface area contributed by atoms with Crippen LogP contribution < -0.4 is 4.90 Å². The molecule has 3 rings (SSSR count). The number of rotatable bonds is 2. The molecule has 106 valence electrons. The molecule has 0 saturated carbocycles. The lowest BCUT2D eigenvalue weighted by molar-refractivity contribution is 0.0696. The highest BCUT2D eigenvalue weighted by atomic mass is 79.9. The number of carbonyl (C=O) groups is 2. The lowest BCUT2D eigenvalue weighted by atomic mass is 10.1. The van der Waals surface area contributed by atoms with Crippen molar-refractivity contribution >= 4 is 33.5 Å². The molecular weight excluding hydrogens is 336 g/mol. The number of benzene rings is 1. The van der Waals surface area contributed by atoms with Crippen molar-refractivity contribution in [1.82, 2.24) is 4.98 Å². The van der Waals surface area contributed by atoms with Crippen LogP contribution in [0.4, 0.5) is 5.69 Å². The molecule has 2 heterocycles. The van der Waals surface area contributed by atoms with Gasteiger partial charge >= 0.3 is 5.97 Å². The van der Waals surface area contributed by atoms with Gasteiger partial charge in [0.25, 0.3) is 5.91 Å². The molecule has 0 atom stereocenters. The Morgan fingerprint density at radius 3 is 2.71 bits per heavy atom. The first-order chi connectivity index (χ1) is 10.1. The molecule has 5 nitrogen and oxygen atoms in total. The number of carboxylic acids is 1. The van der Waals surface area contributed by atoms with Crippen LogP contribution in [0.2, 0.25) is 0 Å². The largest absolute Gasteiger partial charge is 0.478 e. The van der Waals surface area contributed by atoms with E-state index >= 15 is 0 Å². The van der Waals surface area contributed by atoms with Crippen LogP contribution in [0.1, 0.15) is 26.4 Å². The first-order valence-electron chi connectivity index (χ1n) is 6.36. The van der Waals surface area contributed by atoms with Gasteiger partial charge in [0.15, 0.2) is 0 Å². The van der Waals surface area contributed by atoms with E-state index in [1.54, 1.807) is 41.4 Å². The number of pyridine rings is 1. The lowest BCUT2D eigenvalue weighted by Gasteiger charge is -2.17. The van der Waals surface area contributed by atoms with Crippen molar-refractivity contribution in [3.05, 3.63) is 57.8 Å². The Labute approximate surface area is 129 Å². The number of halogens is 1. The van der Waals surface area contributed by atoms with Crippen LogP contribution >= 0.6 is 15.9 Å². The number of anilines is 1. The SMILES string of the molecule is O=C(O)c1ccc2c(c1)N(C(=O)c1ccc(Br)cn1)CC2. The van der Waals surface area contributed by atoms with Crippen molar-refractivity contribution in [2.24, 2.45) is 0 Å². The van der Waals surface area contributed by atoms with Gasteiger partial charge in [-0.2, -0.15) is 0 Å². The quantitative estimate of drug-likeness (QED) is 0.907. The summed E-state index contributed by atoms with van der Waals surface area (Å²) in [6.45, 7) is 0.537. The minimum Gasteiger partial charge on any atom is -0.478 e. The monoisotopic (exact) mass is 346 g/mol. The molecule has 21 heavy (non-hydrogen) atoms. The van der Waals surface area contributed by atoms with Crippen molar-refractivity contribution < 1.29 is 14.7 Å². The summed E-state index contributed by atoms with van der Waals surface area (Å²) in [7, 11) is 0. The highest BCUT2D eigenvalue weighted by Gasteiger charge is 2.27. The van der Waals surface area contributed by atoms with Crippen LogP contribution in [0.15, 0.2) is 41.0 Å². The third-order valence-electron chi connectivity index (χ3n) is 3.42. The second-order valence-corrected chi connectivity index (χ2v) is 5.63. The van der Waals surface area contributed by atoms with Crippen LogP contribution in [0.5, 0.6) is 0 Å². The summed E-state index contributed by atoms with van der Waals surface area (Å²) >= 11 is 3.28. The number of hydrogen-bond donors (Lipinski definition) is 1. The highest BCUT2D eigenvalue weighted by Crippen LogP contribution is 2.30. The van der Waals surface area contributed by atoms with Gasteiger partial charge in [-0.1, -0.05) is 6.07 Å². The van der Waals surface area contributed by atoms with Crippen LogP contribution in [-0.2, 0) is 6.42 Å². The number of nitrogens with zero attached hydrogens (tertiary/aromatic N) is 2. The standard InChI is InChI=1S/C15H11BrN2O3/c16-11-3-4-12(17-8-11)14(19)18-6-5-9-1-2-10(15(20)21)7-13(9)18/h1-4,7-8H,5-6H2,(H,20,21). The average Bonchev–Trinajstić information content (AvgIpc) is 2.90. The third kappa shape index (κ3) is 2.54. The number of hydrogen-bond acceptors (Lipinski definition) is 3. The molecular formula is C15H11BrN2O3. The van der Waals surface area contributed by atoms with Gasteiger partial charge in [0.2, 0.25) is 0 Å². The molecule has 0 unspecified atom stereocenters. The first kappa shape index (κ1) is 13.8. The molecule has 6 heteroatoms. The van der Waals surface area contributed by atoms with E-state index in [0.717, 1.165) is 16.5 Å². The summed E-state index contributed by atoms with van der Waals surface area (Å²) in [6.07, 6.45) is 2.29. The van der Waals surface area contributed by atoms with E-state index in [-0.39, 0.29) is 11.5 Å². The number of aromatic carboxylic acids is 1. The summed E-state index contributed by atoms with van der Waals surface area (Å²) in [5.41, 5.74) is 2.15. The zero-order valence-corrected chi connectivity index (χ0v) is 12.5. The summed E-state index contributed by atoms with van der Waals surface area (Å²) < 4.78 is 0.800. The van der Waals surface area contributed by atoms with Crippen LogP contribution in [0, 0.1) is 0 Å². The molecule has 1 N–H and O–H groups in total. The normalized spacial score (nSPS) is 13.1. The van der Waals surface area contributed by atoms with E-state index in [0.29, 0.717) is 17.9 Å². The van der Waals surface area contributed by atoms with Crippen molar-refractivity contribution in [2.45, 2.75) is 6.42 Å². The minimum absolute atomic E-state index is 0.178. The number of fused-ring (bicyclic) bond motifs is 1. The highest BCUT2D eigenvalue weighted by molar-refractivity contribution is 9.10. The van der Waals surface area contributed by atoms with Gasteiger partial charge in [0, 0.05) is 22.9 Å². The molecule has 1 aliphatic heterocycles. The second kappa shape index (κ2) is 5.29. The summed E-state index contributed by atoms with van der Waals surface area (Å²) in [5.74, 6) is -1.22. The molecule has 0 radical (unpaired) electrons. The molecule has 0 fully saturated rings. The van der Waals surface area contributed by atoms with E-state index in [2.05, 4.69) is 20.9 Å². The van der Waals surface area contributed by atoms with Crippen LogP contribution in [0.3, 0.4) is 0 Å². The third-order valence-corrected chi connectivity index (χ3v) is 3.89. The van der Waals surface area contributed by atoms with Crippen molar-refractivity contribution in [3.8, 4) is 0 Å². The smallest absolute Gasteiger partial charge is 0.335 e. The summed E-state index contributed by atoms with van der Waals surface area (Å²) in [6, 6.07) is 8.27. The van der Waals surface area contributed by atoms with Gasteiger partial charge in [-0.15, -0.1) is 0 Å². The van der Waals surface area contributed by atoms with Gasteiger partial charge in [-0.25, -0.2) is 9.78 Å². The Morgan fingerprint density at radius 2 is 2.05 bits per heavy atom. The average molecular weight is 347 g/mol. The molecule has 0 spiro atoms. The zero-order chi connectivity index (χ0) is 15.0. The topological polar surface area (TPSA) is 70.5 Å². The van der Waals surface area contributed by atoms with Crippen LogP contribution in [-0.4, -0.2) is 28.5 Å².